The molecular weight excluding hydrogens is 815 g/mol. The van der Waals surface area contributed by atoms with Crippen LogP contribution in [0.5, 0.6) is 11.5 Å². The summed E-state index contributed by atoms with van der Waals surface area (Å²) in [6, 6.07) is 11.9. The minimum atomic E-state index is -0.517. The average Bonchev–Trinajstić information content (AvgIpc) is 3.85. The third kappa shape index (κ3) is 23.3. The molecule has 2 aliphatic heterocycles. The molecule has 66 heavy (non-hydrogen) atoms. The first kappa shape index (κ1) is 51.6. The number of hydrogen-bond acceptors (Lipinski definition) is 7. The molecule has 0 unspecified atom stereocenters. The van der Waals surface area contributed by atoms with Crippen molar-refractivity contribution < 1.29 is 14.3 Å². The van der Waals surface area contributed by atoms with E-state index in [4.69, 9.17) is 23.1 Å². The number of amides is 1. The molecule has 3 heterocycles. The van der Waals surface area contributed by atoms with Crippen LogP contribution in [0.3, 0.4) is 0 Å². The molecule has 2 aliphatic rings. The Morgan fingerprint density at radius 2 is 1.12 bits per heavy atom. The van der Waals surface area contributed by atoms with Crippen molar-refractivity contribution in [3.05, 3.63) is 251 Å². The number of hydrogen-bond donors (Lipinski definition) is 4. The van der Waals surface area contributed by atoms with Crippen molar-refractivity contribution in [2.75, 3.05) is 36.5 Å². The second-order valence-electron chi connectivity index (χ2n) is 11.5. The molecule has 3 aromatic rings. The van der Waals surface area contributed by atoms with Crippen LogP contribution >= 0.6 is 0 Å². The van der Waals surface area contributed by atoms with Crippen molar-refractivity contribution in [3.8, 4) is 11.5 Å². The summed E-state index contributed by atoms with van der Waals surface area (Å²) in [5.41, 5.74) is 85.4. The lowest BCUT2D eigenvalue weighted by Crippen LogP contribution is -2.32. The minimum Gasteiger partial charge on any atom is -0.490 e. The third-order valence-electron chi connectivity index (χ3n) is 7.18. The zero-order chi connectivity index (χ0) is 46.3. The Bertz CT molecular complexity index is 3330. The summed E-state index contributed by atoms with van der Waals surface area (Å²) < 4.78 is 11.1. The number of nitrogens with two attached hydrogens (primary N) is 1. The molecule has 0 atom stereocenters. The van der Waals surface area contributed by atoms with E-state index in [1.165, 1.54) is 0 Å². The summed E-state index contributed by atoms with van der Waals surface area (Å²) in [5.74, 6) is 1.26. The van der Waals surface area contributed by atoms with Crippen molar-refractivity contribution in [1.82, 2.24) is 15.3 Å². The highest BCUT2D eigenvalue weighted by molar-refractivity contribution is 6.57. The average molecular weight is 851 g/mol. The molecule has 5 rings (SSSR count). The smallest absolute Gasteiger partial charge is 0.200 e. The first-order chi connectivity index (χ1) is 32.0. The lowest BCUT2D eigenvalue weighted by atomic mass is 10.1. The van der Waals surface area contributed by atoms with E-state index in [2.05, 4.69) is 217 Å². The number of carbonyl (C=O) groups is 1. The fourth-order valence-corrected chi connectivity index (χ4v) is 4.57. The van der Waals surface area contributed by atoms with Crippen molar-refractivity contribution in [3.63, 3.8) is 0 Å². The monoisotopic (exact) mass is 850 g/mol. The van der Waals surface area contributed by atoms with E-state index >= 15 is 0 Å². The summed E-state index contributed by atoms with van der Waals surface area (Å²) in [6.07, 6.45) is 3.55. The number of aromatic amines is 1. The van der Waals surface area contributed by atoms with Crippen LogP contribution in [0.4, 0.5) is 16.2 Å². The molecule has 9 nitrogen and oxygen atoms in total. The molecule has 0 aliphatic carbocycles. The molecule has 2 radical (unpaired) electrons. The number of aromatic nitrogens is 2. The van der Waals surface area contributed by atoms with Gasteiger partial charge in [-0.05, 0) is 140 Å². The maximum atomic E-state index is 10.5. The largest absolute Gasteiger partial charge is 0.490 e. The topological polar surface area (TPSA) is 118 Å². The predicted octanol–water partition coefficient (Wildman–Crippen LogP) is 8.23. The summed E-state index contributed by atoms with van der Waals surface area (Å²) in [7, 11) is 4.99. The highest BCUT2D eigenvalue weighted by Crippen LogP contribution is 2.33. The maximum absolute atomic E-state index is 10.5. The Hall–Kier alpha value is -10.5. The van der Waals surface area contributed by atoms with Gasteiger partial charge in [-0.1, -0.05) is 31.0 Å². The van der Waals surface area contributed by atoms with Crippen LogP contribution in [-0.2, 0) is 19.6 Å². The number of rotatable bonds is 5. The number of carbonyl (C=O) groups excluding carboxylic acids is 1. The molecular formula is C56H35BN6O3. The molecule has 1 amide bonds. The van der Waals surface area contributed by atoms with E-state index in [0.717, 1.165) is 59.3 Å². The van der Waals surface area contributed by atoms with Crippen LogP contribution < -0.4 is 30.7 Å². The first-order valence-corrected chi connectivity index (χ1v) is 18.8. The second-order valence-corrected chi connectivity index (χ2v) is 11.5. The van der Waals surface area contributed by atoms with E-state index < -0.39 is 5.81 Å². The van der Waals surface area contributed by atoms with Crippen LogP contribution in [0.1, 0.15) is 24.2 Å². The summed E-state index contributed by atoms with van der Waals surface area (Å²) >= 11 is 0. The van der Waals surface area contributed by atoms with Gasteiger partial charge in [0.05, 0.1) is 36.5 Å². The van der Waals surface area contributed by atoms with Gasteiger partial charge in [-0.15, -0.1) is 0 Å². The van der Waals surface area contributed by atoms with Gasteiger partial charge < -0.3 is 35.7 Å². The zero-order valence-electron chi connectivity index (χ0n) is 34.8. The highest BCUT2D eigenvalue weighted by atomic mass is 16.5. The Labute approximate surface area is 384 Å². The quantitative estimate of drug-likeness (QED) is 0.151. The number of nitrogens with zero attached hydrogens (tertiary/aromatic N) is 2. The van der Waals surface area contributed by atoms with Crippen LogP contribution in [0.25, 0.3) is 0 Å². The minimum absolute atomic E-state index is 0. The summed E-state index contributed by atoms with van der Waals surface area (Å²) in [4.78, 5) is 20.0. The van der Waals surface area contributed by atoms with Gasteiger partial charge in [0.2, 0.25) is 7.85 Å². The molecule has 0 fully saturated rings. The molecule has 10 heteroatoms. The lowest BCUT2D eigenvalue weighted by molar-refractivity contribution is 0.259. The highest BCUT2D eigenvalue weighted by Gasteiger charge is 2.19. The van der Waals surface area contributed by atoms with Gasteiger partial charge in [-0.25, -0.2) is 4.98 Å². The molecule has 2 aromatic carbocycles. The van der Waals surface area contributed by atoms with Gasteiger partial charge in [0.25, 0.3) is 0 Å². The number of H-pyrrole nitrogens is 1. The number of nitrogens with one attached hydrogen (secondary N) is 3. The zero-order valence-corrected chi connectivity index (χ0v) is 34.8. The normalized spacial score (nSPS) is 8.77. The van der Waals surface area contributed by atoms with Gasteiger partial charge in [0, 0.05) is 94.6 Å². The van der Waals surface area contributed by atoms with E-state index in [9.17, 15) is 4.79 Å². The number of anilines is 2. The predicted molar refractivity (Wildman–Crippen MR) is 251 cm³/mol. The van der Waals surface area contributed by atoms with Gasteiger partial charge in [0.15, 0.2) is 5.81 Å². The van der Waals surface area contributed by atoms with Crippen molar-refractivity contribution in [2.24, 2.45) is 5.73 Å². The molecule has 5 N–H and O–H groups in total. The van der Waals surface area contributed by atoms with E-state index in [1.807, 2.05) is 36.5 Å². The Balaban J connectivity index is 0.000000367. The molecule has 0 spiro atoms. The van der Waals surface area contributed by atoms with Gasteiger partial charge >= 0.3 is 0 Å². The van der Waals surface area contributed by atoms with Crippen LogP contribution in [-0.4, -0.2) is 49.9 Å². The Kier molecular flexibility index (Phi) is 26.8. The molecule has 1 aromatic heterocycles. The Morgan fingerprint density at radius 1 is 0.667 bits per heavy atom. The first-order valence-electron chi connectivity index (χ1n) is 18.8. The number of fused-ring (bicyclic) bond motifs is 2. The van der Waals surface area contributed by atoms with E-state index in [0.29, 0.717) is 26.3 Å². The van der Waals surface area contributed by atoms with Crippen molar-refractivity contribution >= 4 is 25.0 Å². The van der Waals surface area contributed by atoms with E-state index in [-0.39, 0.29) is 7.43 Å². The Morgan fingerprint density at radius 3 is 1.56 bits per heavy atom. The third-order valence-corrected chi connectivity index (χ3v) is 7.18. The molecule has 310 valence electrons. The van der Waals surface area contributed by atoms with Gasteiger partial charge in [-0.2, -0.15) is 0 Å². The number of benzene rings is 2. The summed E-state index contributed by atoms with van der Waals surface area (Å²) in [5, 5.41) is 5.76. The lowest BCUT2D eigenvalue weighted by Gasteiger charge is -2.31. The maximum Gasteiger partial charge on any atom is 0.200 e. The molecule has 0 saturated carbocycles. The summed E-state index contributed by atoms with van der Waals surface area (Å²) in [6.45, 7) is 11.5. The fourth-order valence-electron chi connectivity index (χ4n) is 4.57. The van der Waals surface area contributed by atoms with Crippen molar-refractivity contribution in [2.45, 2.75) is 27.1 Å². The molecule has 0 bridgehead atoms. The van der Waals surface area contributed by atoms with Gasteiger partial charge in [-0.3, -0.25) is 4.79 Å². The molecule has 0 saturated heterocycles. The SMILES string of the molecule is C.C=C=C=C=C=C=C=C=C=C=C=C=C=C=C=C=C=C=C=C=C=C=C=C=C=C=C=C=C=C=C=C.NCc1ccc2c(c1)N(Cc1cnc[nH]1)CCO2.[B]C(=O)NCc1ccc2c(c1)NCCO2. The van der Waals surface area contributed by atoms with Crippen LogP contribution in [0, 0.1) is 0 Å². The van der Waals surface area contributed by atoms with Crippen LogP contribution in [0.15, 0.2) is 234 Å². The van der Waals surface area contributed by atoms with Crippen molar-refractivity contribution in [1.29, 1.82) is 0 Å². The second kappa shape index (κ2) is 34.2. The number of ether oxygens (including phenoxy) is 2. The van der Waals surface area contributed by atoms with Crippen LogP contribution in [0.2, 0.25) is 0 Å². The van der Waals surface area contributed by atoms with E-state index in [1.54, 1.807) is 6.33 Å². The van der Waals surface area contributed by atoms with Gasteiger partial charge in [0.1, 0.15) is 24.7 Å². The standard InChI is InChI=1S/C32H4.C13H16N4O.C10H11BN2O2.CH4/c1-3-5-7-9-11-13-15-17-19-21-23-25-27-29-31-32-30-28-26-24-22-20-18-16-14-12-10-8-6-4-2;14-6-10-1-2-13-12(5-10)17(3-4-18-13)8-11-7-15-9-16-11;11-10(14)13-6-7-1-2-9-8(5-7)12-3-4-15-9;/h1-2H2;1-2,5,7,9H,3-4,6,8,14H2,(H,15,16);1-2,5,12H,3-4,6H2,(H,13,14);1H4. The fraction of sp³-hybridized carbons (Fsp3) is 0.143. The number of imidazole rings is 1.